The van der Waals surface area contributed by atoms with Gasteiger partial charge in [-0.3, -0.25) is 13.9 Å². The zero-order valence-corrected chi connectivity index (χ0v) is 8.91. The Hall–Kier alpha value is -0.920. The van der Waals surface area contributed by atoms with Gasteiger partial charge >= 0.3 is 10.4 Å². The van der Waals surface area contributed by atoms with Gasteiger partial charge in [0.2, 0.25) is 5.91 Å². The standard InChI is InChI=1S/C7H13NO.H2O4S/c1-4-6(3)8-7(9)5-2;1-5(2,3)4/h5-6H,2,4H2,1,3H3,(H,8,9);(H2,1,2,3,4). The Kier molecular flexibility index (Phi) is 8.31. The number of nitrogens with one attached hydrogen (secondary N) is 1. The van der Waals surface area contributed by atoms with Crippen molar-refractivity contribution in [2.45, 2.75) is 26.3 Å². The summed E-state index contributed by atoms with van der Waals surface area (Å²) in [4.78, 5) is 10.6. The van der Waals surface area contributed by atoms with E-state index in [0.29, 0.717) is 0 Å². The number of carbonyl (C=O) groups excluding carboxylic acids is 1. The maximum Gasteiger partial charge on any atom is 0.394 e. The van der Waals surface area contributed by atoms with Crippen molar-refractivity contribution in [1.29, 1.82) is 0 Å². The molecule has 0 aromatic carbocycles. The van der Waals surface area contributed by atoms with Gasteiger partial charge in [-0.2, -0.15) is 8.42 Å². The summed E-state index contributed by atoms with van der Waals surface area (Å²) in [5.74, 6) is -0.0932. The highest BCUT2D eigenvalue weighted by Crippen LogP contribution is 1.86. The van der Waals surface area contributed by atoms with Crippen LogP contribution in [0.3, 0.4) is 0 Å². The van der Waals surface area contributed by atoms with Gasteiger partial charge in [-0.1, -0.05) is 13.5 Å². The fourth-order valence-corrected chi connectivity index (χ4v) is 0.404. The van der Waals surface area contributed by atoms with Crippen LogP contribution in [0.25, 0.3) is 0 Å². The smallest absolute Gasteiger partial charge is 0.350 e. The minimum absolute atomic E-state index is 0.0932. The summed E-state index contributed by atoms with van der Waals surface area (Å²) < 4.78 is 31.6. The van der Waals surface area contributed by atoms with E-state index in [4.69, 9.17) is 17.5 Å². The van der Waals surface area contributed by atoms with Crippen LogP contribution in [-0.2, 0) is 15.2 Å². The molecule has 0 radical (unpaired) electrons. The molecule has 0 aliphatic carbocycles. The van der Waals surface area contributed by atoms with E-state index < -0.39 is 10.4 Å². The summed E-state index contributed by atoms with van der Waals surface area (Å²) in [7, 11) is -4.67. The van der Waals surface area contributed by atoms with Crippen LogP contribution in [0.15, 0.2) is 12.7 Å². The van der Waals surface area contributed by atoms with Crippen molar-refractivity contribution in [3.63, 3.8) is 0 Å². The van der Waals surface area contributed by atoms with Crippen LogP contribution in [0.2, 0.25) is 0 Å². The van der Waals surface area contributed by atoms with Gasteiger partial charge in [0.05, 0.1) is 0 Å². The minimum Gasteiger partial charge on any atom is -0.350 e. The molecule has 1 unspecified atom stereocenters. The molecule has 0 saturated carbocycles. The van der Waals surface area contributed by atoms with E-state index >= 15 is 0 Å². The number of hydrogen-bond acceptors (Lipinski definition) is 3. The molecule has 1 amide bonds. The van der Waals surface area contributed by atoms with Crippen molar-refractivity contribution >= 4 is 16.3 Å². The molecule has 0 fully saturated rings. The van der Waals surface area contributed by atoms with Crippen molar-refractivity contribution in [2.24, 2.45) is 0 Å². The zero-order valence-electron chi connectivity index (χ0n) is 8.10. The molecule has 0 bridgehead atoms. The number of rotatable bonds is 3. The van der Waals surface area contributed by atoms with E-state index in [9.17, 15) is 4.79 Å². The third-order valence-electron chi connectivity index (χ3n) is 1.19. The first-order chi connectivity index (χ1) is 6.20. The van der Waals surface area contributed by atoms with Crippen LogP contribution in [-0.4, -0.2) is 29.5 Å². The maximum atomic E-state index is 10.6. The molecule has 14 heavy (non-hydrogen) atoms. The second-order valence-corrected chi connectivity index (χ2v) is 3.37. The molecule has 0 aromatic heterocycles. The summed E-state index contributed by atoms with van der Waals surface area (Å²) >= 11 is 0. The van der Waals surface area contributed by atoms with Crippen molar-refractivity contribution in [2.75, 3.05) is 0 Å². The zero-order chi connectivity index (χ0) is 11.8. The number of amides is 1. The molecule has 7 heteroatoms. The summed E-state index contributed by atoms with van der Waals surface area (Å²) in [6.07, 6.45) is 2.24. The van der Waals surface area contributed by atoms with Gasteiger partial charge in [0.15, 0.2) is 0 Å². The first kappa shape index (κ1) is 15.5. The Morgan fingerprint density at radius 2 is 1.93 bits per heavy atom. The summed E-state index contributed by atoms with van der Waals surface area (Å²) in [6, 6.07) is 0.260. The predicted octanol–water partition coefficient (Wildman–Crippen LogP) is 0.434. The molecule has 0 saturated heterocycles. The first-order valence-electron chi connectivity index (χ1n) is 3.83. The lowest BCUT2D eigenvalue weighted by molar-refractivity contribution is -0.117. The lowest BCUT2D eigenvalue weighted by Gasteiger charge is -2.07. The fraction of sp³-hybridized carbons (Fsp3) is 0.571. The van der Waals surface area contributed by atoms with Gasteiger partial charge < -0.3 is 5.32 Å². The van der Waals surface area contributed by atoms with E-state index in [-0.39, 0.29) is 11.9 Å². The summed E-state index contributed by atoms with van der Waals surface area (Å²) in [5, 5.41) is 2.72. The third kappa shape index (κ3) is 22.5. The molecule has 0 aliphatic heterocycles. The van der Waals surface area contributed by atoms with Gasteiger partial charge in [0.25, 0.3) is 0 Å². The maximum absolute atomic E-state index is 10.6. The van der Waals surface area contributed by atoms with E-state index in [0.717, 1.165) is 6.42 Å². The Morgan fingerprint density at radius 1 is 1.57 bits per heavy atom. The number of hydrogen-bond donors (Lipinski definition) is 3. The van der Waals surface area contributed by atoms with Crippen LogP contribution in [0.1, 0.15) is 20.3 Å². The van der Waals surface area contributed by atoms with Crippen molar-refractivity contribution in [3.8, 4) is 0 Å². The van der Waals surface area contributed by atoms with E-state index in [2.05, 4.69) is 11.9 Å². The second kappa shape index (κ2) is 7.48. The minimum atomic E-state index is -4.67. The first-order valence-corrected chi connectivity index (χ1v) is 5.23. The molecule has 0 heterocycles. The summed E-state index contributed by atoms with van der Waals surface area (Å²) in [6.45, 7) is 7.32. The number of carbonyl (C=O) groups is 1. The molecule has 0 aliphatic rings. The highest BCUT2D eigenvalue weighted by Gasteiger charge is 1.98. The lowest BCUT2D eigenvalue weighted by atomic mass is 10.2. The monoisotopic (exact) mass is 225 g/mol. The average Bonchev–Trinajstić information content (AvgIpc) is 2.01. The fourth-order valence-electron chi connectivity index (χ4n) is 0.404. The Bertz CT molecular complexity index is 264. The van der Waals surface area contributed by atoms with Crippen LogP contribution in [0, 0.1) is 0 Å². The van der Waals surface area contributed by atoms with E-state index in [1.807, 2.05) is 13.8 Å². The topological polar surface area (TPSA) is 104 Å². The Labute approximate surface area is 83.6 Å². The van der Waals surface area contributed by atoms with Crippen molar-refractivity contribution in [3.05, 3.63) is 12.7 Å². The van der Waals surface area contributed by atoms with Gasteiger partial charge in [0.1, 0.15) is 0 Å². The highest BCUT2D eigenvalue weighted by molar-refractivity contribution is 7.79. The normalized spacial score (nSPS) is 12.0. The van der Waals surface area contributed by atoms with Crippen LogP contribution in [0.5, 0.6) is 0 Å². The Balaban J connectivity index is 0. The molecule has 1 atom stereocenters. The molecule has 84 valence electrons. The van der Waals surface area contributed by atoms with Crippen LogP contribution >= 0.6 is 0 Å². The highest BCUT2D eigenvalue weighted by atomic mass is 32.3. The van der Waals surface area contributed by atoms with Gasteiger partial charge in [-0.15, -0.1) is 0 Å². The van der Waals surface area contributed by atoms with Crippen molar-refractivity contribution in [1.82, 2.24) is 5.32 Å². The molecule has 3 N–H and O–H groups in total. The van der Waals surface area contributed by atoms with E-state index in [1.54, 1.807) is 0 Å². The SMILES string of the molecule is C=CC(=O)NC(C)CC.O=S(=O)(O)O. The lowest BCUT2D eigenvalue weighted by Crippen LogP contribution is -2.30. The molecular weight excluding hydrogens is 210 g/mol. The van der Waals surface area contributed by atoms with Crippen molar-refractivity contribution < 1.29 is 22.3 Å². The van der Waals surface area contributed by atoms with Gasteiger partial charge in [0, 0.05) is 6.04 Å². The second-order valence-electron chi connectivity index (χ2n) is 2.47. The molecule has 0 spiro atoms. The molecule has 6 nitrogen and oxygen atoms in total. The molecule has 0 aromatic rings. The quantitative estimate of drug-likeness (QED) is 0.477. The third-order valence-corrected chi connectivity index (χ3v) is 1.19. The predicted molar refractivity (Wildman–Crippen MR) is 52.3 cm³/mol. The van der Waals surface area contributed by atoms with Crippen LogP contribution < -0.4 is 5.32 Å². The average molecular weight is 225 g/mol. The summed E-state index contributed by atoms with van der Waals surface area (Å²) in [5.41, 5.74) is 0. The van der Waals surface area contributed by atoms with Crippen LogP contribution in [0.4, 0.5) is 0 Å². The molecular formula is C7H15NO5S. The Morgan fingerprint density at radius 3 is 2.14 bits per heavy atom. The van der Waals surface area contributed by atoms with Gasteiger partial charge in [-0.05, 0) is 19.4 Å². The largest absolute Gasteiger partial charge is 0.394 e. The van der Waals surface area contributed by atoms with Gasteiger partial charge in [-0.25, -0.2) is 0 Å². The van der Waals surface area contributed by atoms with E-state index in [1.165, 1.54) is 6.08 Å². The molecule has 0 rings (SSSR count).